The van der Waals surface area contributed by atoms with Gasteiger partial charge in [0.25, 0.3) is 0 Å². The summed E-state index contributed by atoms with van der Waals surface area (Å²) in [5, 5.41) is 47.7. The smallest absolute Gasteiger partial charge is 0.187 e. The van der Waals surface area contributed by atoms with Crippen molar-refractivity contribution < 1.29 is 35.0 Å². The maximum Gasteiger partial charge on any atom is 0.187 e. The largest absolute Gasteiger partial charge is 0.394 e. The van der Waals surface area contributed by atoms with E-state index < -0.39 is 50.0 Å². The highest BCUT2D eigenvalue weighted by Crippen LogP contribution is 2.23. The molecule has 0 amide bonds. The van der Waals surface area contributed by atoms with Crippen LogP contribution in [-0.2, 0) is 9.47 Å². The molecule has 0 aromatic heterocycles. The van der Waals surface area contributed by atoms with Crippen LogP contribution in [0.1, 0.15) is 6.92 Å². The Balaban J connectivity index is 2.63. The third kappa shape index (κ3) is 7.01. The molecule has 1 fully saturated rings. The van der Waals surface area contributed by atoms with Gasteiger partial charge in [-0.15, -0.1) is 0 Å². The van der Waals surface area contributed by atoms with Crippen molar-refractivity contribution in [3.8, 4) is 35.5 Å². The molecule has 0 aromatic rings. The van der Waals surface area contributed by atoms with Crippen molar-refractivity contribution in [2.45, 2.75) is 43.7 Å². The summed E-state index contributed by atoms with van der Waals surface area (Å²) in [6, 6.07) is 0. The second kappa shape index (κ2) is 12.3. The van der Waals surface area contributed by atoms with Gasteiger partial charge in [0.2, 0.25) is 0 Å². The zero-order valence-electron chi connectivity index (χ0n) is 14.2. The highest BCUT2D eigenvalue weighted by molar-refractivity contribution is 5.39. The summed E-state index contributed by atoms with van der Waals surface area (Å²) in [6.45, 7) is 0.843. The van der Waals surface area contributed by atoms with Gasteiger partial charge in [-0.25, -0.2) is 0 Å². The number of aliphatic hydroxyl groups is 5. The van der Waals surface area contributed by atoms with Crippen LogP contribution in [0.5, 0.6) is 0 Å². The lowest BCUT2D eigenvalue weighted by Crippen LogP contribution is -2.59. The Morgan fingerprint density at radius 3 is 2.19 bits per heavy atom. The quantitative estimate of drug-likeness (QED) is 0.370. The Kier molecular flexibility index (Phi) is 10.3. The van der Waals surface area contributed by atoms with Crippen LogP contribution >= 0.6 is 0 Å². The van der Waals surface area contributed by atoms with E-state index in [1.54, 1.807) is 12.2 Å². The monoisotopic (exact) mass is 362 g/mol. The molecule has 5 N–H and O–H groups in total. The van der Waals surface area contributed by atoms with Gasteiger partial charge in [-0.3, -0.25) is 0 Å². The first-order chi connectivity index (χ1) is 12.5. The van der Waals surface area contributed by atoms with E-state index in [1.807, 2.05) is 6.92 Å². The Bertz CT molecular complexity index is 663. The first kappa shape index (κ1) is 21.9. The number of rotatable bonds is 5. The van der Waals surface area contributed by atoms with Crippen LogP contribution in [-0.4, -0.2) is 75.6 Å². The van der Waals surface area contributed by atoms with Crippen LogP contribution in [0.15, 0.2) is 24.3 Å². The van der Waals surface area contributed by atoms with Crippen LogP contribution < -0.4 is 0 Å². The molecule has 0 spiro atoms. The lowest BCUT2D eigenvalue weighted by atomic mass is 9.99. The summed E-state index contributed by atoms with van der Waals surface area (Å²) in [5.41, 5.74) is 0. The average molecular weight is 362 g/mol. The highest BCUT2D eigenvalue weighted by Gasteiger charge is 2.44. The van der Waals surface area contributed by atoms with E-state index in [-0.39, 0.29) is 0 Å². The molecule has 0 bridgehead atoms. The summed E-state index contributed by atoms with van der Waals surface area (Å²) in [7, 11) is 0. The van der Waals surface area contributed by atoms with Crippen molar-refractivity contribution in [3.63, 3.8) is 0 Å². The molecule has 0 radical (unpaired) electrons. The fourth-order valence-electron chi connectivity index (χ4n) is 1.96. The lowest BCUT2D eigenvalue weighted by molar-refractivity contribution is -0.309. The summed E-state index contributed by atoms with van der Waals surface area (Å²) >= 11 is 0. The zero-order chi connectivity index (χ0) is 19.4. The Hall–Kier alpha value is -2.12. The molecule has 7 heteroatoms. The van der Waals surface area contributed by atoms with Gasteiger partial charge < -0.3 is 35.0 Å². The number of hydrogen-bond donors (Lipinski definition) is 5. The molecule has 7 nitrogen and oxygen atoms in total. The summed E-state index contributed by atoms with van der Waals surface area (Å²) in [5.74, 6) is 15.5. The maximum atomic E-state index is 9.88. The minimum absolute atomic E-state index is 0.437. The van der Waals surface area contributed by atoms with E-state index in [0.29, 0.717) is 0 Å². The fourth-order valence-corrected chi connectivity index (χ4v) is 1.96. The van der Waals surface area contributed by atoms with Crippen LogP contribution in [0.3, 0.4) is 0 Å². The van der Waals surface area contributed by atoms with Gasteiger partial charge in [-0.2, -0.15) is 0 Å². The molecular formula is C19H22O7. The van der Waals surface area contributed by atoms with Gasteiger partial charge in [0, 0.05) is 0 Å². The molecule has 6 unspecified atom stereocenters. The maximum absolute atomic E-state index is 9.88. The molecular weight excluding hydrogens is 340 g/mol. The van der Waals surface area contributed by atoms with E-state index in [4.69, 9.17) is 14.6 Å². The van der Waals surface area contributed by atoms with Gasteiger partial charge in [-0.1, -0.05) is 17.9 Å². The minimum atomic E-state index is -1.55. The van der Waals surface area contributed by atoms with Gasteiger partial charge in [0.05, 0.1) is 13.2 Å². The molecule has 1 aliphatic rings. The van der Waals surface area contributed by atoms with Crippen LogP contribution in [0.4, 0.5) is 0 Å². The number of ether oxygens (including phenoxy) is 2. The van der Waals surface area contributed by atoms with Crippen molar-refractivity contribution in [2.75, 3.05) is 13.2 Å². The molecule has 0 saturated carbocycles. The van der Waals surface area contributed by atoms with Crippen molar-refractivity contribution in [1.82, 2.24) is 0 Å². The van der Waals surface area contributed by atoms with Crippen LogP contribution in [0.25, 0.3) is 0 Å². The molecule has 1 saturated heterocycles. The zero-order valence-corrected chi connectivity index (χ0v) is 14.2. The second-order valence-corrected chi connectivity index (χ2v) is 5.20. The average Bonchev–Trinajstić information content (AvgIpc) is 2.65. The topological polar surface area (TPSA) is 120 Å². The van der Waals surface area contributed by atoms with Crippen LogP contribution in [0, 0.1) is 35.5 Å². The first-order valence-electron chi connectivity index (χ1n) is 7.90. The predicted molar refractivity (Wildman–Crippen MR) is 93.0 cm³/mol. The Morgan fingerprint density at radius 2 is 1.62 bits per heavy atom. The number of allylic oxidation sites excluding steroid dienone is 3. The summed E-state index contributed by atoms with van der Waals surface area (Å²) in [4.78, 5) is 0. The third-order valence-electron chi connectivity index (χ3n) is 3.31. The fraction of sp³-hybridized carbons (Fsp3) is 0.474. The van der Waals surface area contributed by atoms with Crippen molar-refractivity contribution in [3.05, 3.63) is 24.3 Å². The molecule has 1 rings (SSSR count). The van der Waals surface area contributed by atoms with E-state index >= 15 is 0 Å². The van der Waals surface area contributed by atoms with Gasteiger partial charge in [-0.05, 0) is 48.8 Å². The highest BCUT2D eigenvalue weighted by atomic mass is 16.7. The predicted octanol–water partition coefficient (Wildman–Crippen LogP) is -1.69. The summed E-state index contributed by atoms with van der Waals surface area (Å²) < 4.78 is 10.5. The van der Waals surface area contributed by atoms with Gasteiger partial charge in [0.1, 0.15) is 30.5 Å². The number of hydrogen-bond acceptors (Lipinski definition) is 7. The molecule has 26 heavy (non-hydrogen) atoms. The van der Waals surface area contributed by atoms with Gasteiger partial charge in [0.15, 0.2) is 6.29 Å². The van der Waals surface area contributed by atoms with Crippen molar-refractivity contribution in [1.29, 1.82) is 0 Å². The first-order valence-corrected chi connectivity index (χ1v) is 7.90. The SMILES string of the molecule is CC=CC#CC#CC#CC=CC(CO)OC1OC(CO)C(O)C(O)C1O. The van der Waals surface area contributed by atoms with Crippen molar-refractivity contribution in [2.24, 2.45) is 0 Å². The van der Waals surface area contributed by atoms with E-state index in [0.717, 1.165) is 0 Å². The molecule has 0 aromatic carbocycles. The van der Waals surface area contributed by atoms with E-state index in [2.05, 4.69) is 35.5 Å². The molecule has 0 aliphatic carbocycles. The Morgan fingerprint density at radius 1 is 0.962 bits per heavy atom. The van der Waals surface area contributed by atoms with Crippen LogP contribution in [0.2, 0.25) is 0 Å². The molecule has 6 atom stereocenters. The van der Waals surface area contributed by atoms with E-state index in [1.165, 1.54) is 12.2 Å². The summed E-state index contributed by atoms with van der Waals surface area (Å²) in [6.07, 6.45) is -1.59. The van der Waals surface area contributed by atoms with Crippen molar-refractivity contribution >= 4 is 0 Å². The molecule has 1 heterocycles. The normalized spacial score (nSPS) is 29.2. The van der Waals surface area contributed by atoms with Gasteiger partial charge >= 0.3 is 0 Å². The second-order valence-electron chi connectivity index (χ2n) is 5.20. The lowest BCUT2D eigenvalue weighted by Gasteiger charge is -2.40. The third-order valence-corrected chi connectivity index (χ3v) is 3.31. The number of aliphatic hydroxyl groups excluding tert-OH is 5. The molecule has 140 valence electrons. The minimum Gasteiger partial charge on any atom is -0.394 e. The van der Waals surface area contributed by atoms with E-state index in [9.17, 15) is 20.4 Å². The standard InChI is InChI=1S/C19H22O7/c1-2-3-4-5-6-7-8-9-10-11-14(12-20)25-19-18(24)17(23)16(22)15(13-21)26-19/h2-3,10-11,14-24H,12-13H2,1H3. The molecule has 1 aliphatic heterocycles. The Labute approximate surface area is 152 Å².